The largest absolute Gasteiger partial charge is 0.486 e. The van der Waals surface area contributed by atoms with Crippen molar-refractivity contribution in [3.63, 3.8) is 0 Å². The molecule has 28 heavy (non-hydrogen) atoms. The van der Waals surface area contributed by atoms with Crippen molar-refractivity contribution in [3.8, 4) is 11.5 Å². The highest BCUT2D eigenvalue weighted by atomic mass is 16.6. The first kappa shape index (κ1) is 20.4. The van der Waals surface area contributed by atoms with Crippen molar-refractivity contribution >= 4 is 17.5 Å². The summed E-state index contributed by atoms with van der Waals surface area (Å²) in [7, 11) is 0. The standard InChI is InChI=1S/C20H30N4O4/c1-3-6-21-19(25)14-23-7-9-24(10-8-23)15(2)20(26)22-16-4-5-17-18(13-16)28-12-11-27-17/h4-5,13,15H,3,6-12,14H2,1-2H3,(H,21,25)(H,22,26)/p+2/t15-/m0/s1. The first-order valence-corrected chi connectivity index (χ1v) is 10.2. The Balaban J connectivity index is 1.46. The SMILES string of the molecule is CCCNC(=O)C[NH+]1CC[NH+]([C@@H](C)C(=O)Nc2ccc3c(c2)OCCO3)CC1. The van der Waals surface area contributed by atoms with Gasteiger partial charge in [0, 0.05) is 18.3 Å². The summed E-state index contributed by atoms with van der Waals surface area (Å²) in [4.78, 5) is 27.1. The highest BCUT2D eigenvalue weighted by molar-refractivity contribution is 5.94. The summed E-state index contributed by atoms with van der Waals surface area (Å²) in [6, 6.07) is 5.33. The molecule has 1 aromatic rings. The van der Waals surface area contributed by atoms with Crippen molar-refractivity contribution in [1.29, 1.82) is 0 Å². The Morgan fingerprint density at radius 1 is 1.11 bits per heavy atom. The van der Waals surface area contributed by atoms with E-state index in [1.165, 1.54) is 9.80 Å². The van der Waals surface area contributed by atoms with Crippen LogP contribution in [0.1, 0.15) is 20.3 Å². The minimum Gasteiger partial charge on any atom is -0.486 e. The average Bonchev–Trinajstić information content (AvgIpc) is 2.72. The van der Waals surface area contributed by atoms with Crippen LogP contribution in [0.2, 0.25) is 0 Å². The van der Waals surface area contributed by atoms with Gasteiger partial charge in [0.05, 0.1) is 0 Å². The van der Waals surface area contributed by atoms with Crippen LogP contribution in [0.25, 0.3) is 0 Å². The Kier molecular flexibility index (Phi) is 7.11. The molecular formula is C20H32N4O4+2. The molecule has 8 heteroatoms. The molecule has 154 valence electrons. The van der Waals surface area contributed by atoms with Crippen LogP contribution in [0, 0.1) is 0 Å². The van der Waals surface area contributed by atoms with Crippen molar-refractivity contribution in [2.24, 2.45) is 0 Å². The summed E-state index contributed by atoms with van der Waals surface area (Å²) in [5.41, 5.74) is 0.720. The molecule has 4 N–H and O–H groups in total. The molecule has 0 unspecified atom stereocenters. The number of carbonyl (C=O) groups excluding carboxylic acids is 2. The molecule has 1 aromatic carbocycles. The van der Waals surface area contributed by atoms with Gasteiger partial charge < -0.3 is 29.9 Å². The Morgan fingerprint density at radius 3 is 2.54 bits per heavy atom. The molecule has 0 spiro atoms. The Bertz CT molecular complexity index is 689. The van der Waals surface area contributed by atoms with Gasteiger partial charge >= 0.3 is 0 Å². The number of hydrogen-bond acceptors (Lipinski definition) is 4. The fourth-order valence-corrected chi connectivity index (χ4v) is 3.65. The summed E-state index contributed by atoms with van der Waals surface area (Å²) < 4.78 is 11.1. The van der Waals surface area contributed by atoms with Crippen LogP contribution in [0.4, 0.5) is 5.69 Å². The number of ether oxygens (including phenoxy) is 2. The van der Waals surface area contributed by atoms with E-state index in [2.05, 4.69) is 10.6 Å². The number of nitrogens with one attached hydrogen (secondary N) is 4. The van der Waals surface area contributed by atoms with Crippen LogP contribution in [-0.4, -0.2) is 70.3 Å². The first-order valence-electron chi connectivity index (χ1n) is 10.2. The molecule has 0 aromatic heterocycles. The van der Waals surface area contributed by atoms with E-state index in [-0.39, 0.29) is 17.9 Å². The van der Waals surface area contributed by atoms with E-state index >= 15 is 0 Å². The number of piperazine rings is 1. The number of benzene rings is 1. The van der Waals surface area contributed by atoms with Crippen LogP contribution in [0.3, 0.4) is 0 Å². The molecule has 1 atom stereocenters. The van der Waals surface area contributed by atoms with Crippen LogP contribution in [0.15, 0.2) is 18.2 Å². The number of fused-ring (bicyclic) bond motifs is 1. The van der Waals surface area contributed by atoms with Crippen LogP contribution in [-0.2, 0) is 9.59 Å². The lowest BCUT2D eigenvalue weighted by Crippen LogP contribution is -3.30. The van der Waals surface area contributed by atoms with Crippen molar-refractivity contribution in [1.82, 2.24) is 5.32 Å². The van der Waals surface area contributed by atoms with Crippen molar-refractivity contribution in [3.05, 3.63) is 18.2 Å². The fourth-order valence-electron chi connectivity index (χ4n) is 3.65. The van der Waals surface area contributed by atoms with E-state index in [0.29, 0.717) is 31.3 Å². The molecule has 1 fully saturated rings. The van der Waals surface area contributed by atoms with Gasteiger partial charge in [-0.05, 0) is 25.5 Å². The van der Waals surface area contributed by atoms with Crippen LogP contribution >= 0.6 is 0 Å². The second-order valence-electron chi connectivity index (χ2n) is 7.50. The average molecular weight is 393 g/mol. The topological polar surface area (TPSA) is 85.5 Å². The van der Waals surface area contributed by atoms with Gasteiger partial charge in [0.15, 0.2) is 24.1 Å². The summed E-state index contributed by atoms with van der Waals surface area (Å²) in [6.45, 7) is 9.90. The van der Waals surface area contributed by atoms with E-state index < -0.39 is 0 Å². The third-order valence-corrected chi connectivity index (χ3v) is 5.40. The molecule has 2 amide bonds. The minimum atomic E-state index is -0.149. The molecule has 3 rings (SSSR count). The van der Waals surface area contributed by atoms with Crippen molar-refractivity contribution in [2.45, 2.75) is 26.3 Å². The van der Waals surface area contributed by atoms with Gasteiger partial charge in [-0.25, -0.2) is 0 Å². The molecule has 2 aliphatic rings. The lowest BCUT2D eigenvalue weighted by atomic mass is 10.2. The zero-order chi connectivity index (χ0) is 19.9. The van der Waals surface area contributed by atoms with E-state index in [9.17, 15) is 9.59 Å². The van der Waals surface area contributed by atoms with Gasteiger partial charge in [-0.2, -0.15) is 0 Å². The van der Waals surface area contributed by atoms with Gasteiger partial charge in [0.1, 0.15) is 39.4 Å². The molecule has 2 aliphatic heterocycles. The molecule has 0 saturated carbocycles. The zero-order valence-corrected chi connectivity index (χ0v) is 16.8. The van der Waals surface area contributed by atoms with Crippen LogP contribution in [0.5, 0.6) is 11.5 Å². The van der Waals surface area contributed by atoms with E-state index in [1.807, 2.05) is 32.0 Å². The Labute approximate surface area is 166 Å². The molecule has 2 heterocycles. The molecule has 0 aliphatic carbocycles. The Hall–Kier alpha value is -2.32. The summed E-state index contributed by atoms with van der Waals surface area (Å²) in [5.74, 6) is 1.49. The van der Waals surface area contributed by atoms with E-state index in [4.69, 9.17) is 9.47 Å². The lowest BCUT2D eigenvalue weighted by Gasteiger charge is -2.32. The molecular weight excluding hydrogens is 360 g/mol. The second kappa shape index (κ2) is 9.75. The number of quaternary nitrogens is 2. The normalized spacial score (nSPS) is 22.2. The van der Waals surface area contributed by atoms with Crippen molar-refractivity contribution < 1.29 is 28.9 Å². The molecule has 0 radical (unpaired) electrons. The van der Waals surface area contributed by atoms with Gasteiger partial charge in [0.2, 0.25) is 0 Å². The predicted molar refractivity (Wildman–Crippen MR) is 105 cm³/mol. The number of carbonyl (C=O) groups is 2. The summed E-state index contributed by atoms with van der Waals surface area (Å²) in [5, 5.41) is 5.92. The Morgan fingerprint density at radius 2 is 1.82 bits per heavy atom. The highest BCUT2D eigenvalue weighted by Crippen LogP contribution is 2.32. The summed E-state index contributed by atoms with van der Waals surface area (Å²) >= 11 is 0. The predicted octanol–water partition coefficient (Wildman–Crippen LogP) is -1.91. The van der Waals surface area contributed by atoms with Gasteiger partial charge in [0.25, 0.3) is 11.8 Å². The third-order valence-electron chi connectivity index (χ3n) is 5.40. The number of hydrogen-bond donors (Lipinski definition) is 4. The van der Waals surface area contributed by atoms with Gasteiger partial charge in [-0.15, -0.1) is 0 Å². The van der Waals surface area contributed by atoms with Crippen molar-refractivity contribution in [2.75, 3.05) is 57.8 Å². The molecule has 1 saturated heterocycles. The number of rotatable bonds is 7. The number of anilines is 1. The quantitative estimate of drug-likeness (QED) is 0.437. The van der Waals surface area contributed by atoms with Gasteiger partial charge in [-0.3, -0.25) is 9.59 Å². The van der Waals surface area contributed by atoms with Crippen LogP contribution < -0.4 is 29.9 Å². The molecule has 0 bridgehead atoms. The van der Waals surface area contributed by atoms with E-state index in [1.54, 1.807) is 0 Å². The fraction of sp³-hybridized carbons (Fsp3) is 0.600. The minimum absolute atomic E-state index is 0.00387. The van der Waals surface area contributed by atoms with Gasteiger partial charge in [-0.1, -0.05) is 6.92 Å². The van der Waals surface area contributed by atoms with E-state index in [0.717, 1.165) is 44.8 Å². The highest BCUT2D eigenvalue weighted by Gasteiger charge is 2.31. The molecule has 8 nitrogen and oxygen atoms in total. The third kappa shape index (κ3) is 5.36. The monoisotopic (exact) mass is 392 g/mol. The lowest BCUT2D eigenvalue weighted by molar-refractivity contribution is -1.01. The maximum atomic E-state index is 12.7. The smallest absolute Gasteiger partial charge is 0.282 e. The second-order valence-corrected chi connectivity index (χ2v) is 7.50. The maximum Gasteiger partial charge on any atom is 0.282 e. The zero-order valence-electron chi connectivity index (χ0n) is 16.8. The summed E-state index contributed by atoms with van der Waals surface area (Å²) in [6.07, 6.45) is 0.953. The maximum absolute atomic E-state index is 12.7. The number of amides is 2. The first-order chi connectivity index (χ1) is 13.6.